The largest absolute Gasteiger partial charge is 0.473 e. The maximum atomic E-state index is 11.0. The summed E-state index contributed by atoms with van der Waals surface area (Å²) in [6, 6.07) is 13.4. The maximum absolute atomic E-state index is 11.0. The predicted molar refractivity (Wildman–Crippen MR) is 73.9 cm³/mol. The van der Waals surface area contributed by atoms with Gasteiger partial charge in [-0.15, -0.1) is 0 Å². The highest BCUT2D eigenvalue weighted by atomic mass is 16.5. The monoisotopic (exact) mass is 272 g/mol. The van der Waals surface area contributed by atoms with Gasteiger partial charge in [0.05, 0.1) is 0 Å². The molecule has 0 aliphatic heterocycles. The lowest BCUT2D eigenvalue weighted by molar-refractivity contribution is -0.123. The van der Waals surface area contributed by atoms with Gasteiger partial charge < -0.3 is 15.2 Å². The molecule has 0 radical (unpaired) electrons. The van der Waals surface area contributed by atoms with Crippen molar-refractivity contribution in [3.05, 3.63) is 59.8 Å². The van der Waals surface area contributed by atoms with Gasteiger partial charge in [0.1, 0.15) is 13.2 Å². The van der Waals surface area contributed by atoms with Crippen molar-refractivity contribution in [2.45, 2.75) is 13.2 Å². The number of ether oxygens (including phenoxy) is 1. The Morgan fingerprint density at radius 2 is 2.00 bits per heavy atom. The number of aromatic nitrogens is 1. The molecule has 5 heteroatoms. The summed E-state index contributed by atoms with van der Waals surface area (Å²) in [5, 5.41) is 11.2. The lowest BCUT2D eigenvalue weighted by atomic mass is 10.2. The number of aliphatic hydroxyl groups is 1. The van der Waals surface area contributed by atoms with Crippen molar-refractivity contribution in [2.24, 2.45) is 0 Å². The number of pyridine rings is 1. The van der Waals surface area contributed by atoms with Gasteiger partial charge in [0.15, 0.2) is 0 Å². The Labute approximate surface area is 117 Å². The highest BCUT2D eigenvalue weighted by molar-refractivity contribution is 5.76. The second-order valence-corrected chi connectivity index (χ2v) is 4.21. The Morgan fingerprint density at radius 1 is 1.20 bits per heavy atom. The molecule has 1 heterocycles. The number of aliphatic hydroxyl groups excluding tert-OH is 1. The zero-order chi connectivity index (χ0) is 14.2. The standard InChI is InChI=1S/C15H16N2O3/c18-10-14(19)17-9-13-6-7-16-15(8-13)20-11-12-4-2-1-3-5-12/h1-8,18H,9-11H2,(H,17,19). The summed E-state index contributed by atoms with van der Waals surface area (Å²) in [7, 11) is 0. The van der Waals surface area contributed by atoms with E-state index < -0.39 is 12.5 Å². The molecule has 20 heavy (non-hydrogen) atoms. The van der Waals surface area contributed by atoms with Crippen molar-refractivity contribution in [3.63, 3.8) is 0 Å². The van der Waals surface area contributed by atoms with Gasteiger partial charge in [0.25, 0.3) is 0 Å². The minimum Gasteiger partial charge on any atom is -0.473 e. The topological polar surface area (TPSA) is 71.5 Å². The Kier molecular flexibility index (Phi) is 5.08. The minimum absolute atomic E-state index is 0.337. The van der Waals surface area contributed by atoms with Gasteiger partial charge in [-0.2, -0.15) is 0 Å². The Hall–Kier alpha value is -2.40. The maximum Gasteiger partial charge on any atom is 0.245 e. The van der Waals surface area contributed by atoms with Crippen LogP contribution in [0, 0.1) is 0 Å². The zero-order valence-electron chi connectivity index (χ0n) is 11.0. The molecule has 0 saturated heterocycles. The third kappa shape index (κ3) is 4.37. The summed E-state index contributed by atoms with van der Waals surface area (Å²) in [5.41, 5.74) is 1.93. The van der Waals surface area contributed by atoms with Crippen LogP contribution in [0.5, 0.6) is 5.88 Å². The normalized spacial score (nSPS) is 10.1. The van der Waals surface area contributed by atoms with Crippen molar-refractivity contribution in [1.82, 2.24) is 10.3 Å². The first-order valence-electron chi connectivity index (χ1n) is 6.27. The van der Waals surface area contributed by atoms with Crippen LogP contribution >= 0.6 is 0 Å². The first kappa shape index (κ1) is 14.0. The number of nitrogens with zero attached hydrogens (tertiary/aromatic N) is 1. The third-order valence-electron chi connectivity index (χ3n) is 2.66. The van der Waals surface area contributed by atoms with Crippen LogP contribution in [0.3, 0.4) is 0 Å². The van der Waals surface area contributed by atoms with Crippen LogP contribution in [0.25, 0.3) is 0 Å². The van der Waals surface area contributed by atoms with Crippen LogP contribution in [0.1, 0.15) is 11.1 Å². The van der Waals surface area contributed by atoms with E-state index in [0.717, 1.165) is 11.1 Å². The lowest BCUT2D eigenvalue weighted by Crippen LogP contribution is -2.25. The Morgan fingerprint density at radius 3 is 2.75 bits per heavy atom. The quantitative estimate of drug-likeness (QED) is 0.830. The van der Waals surface area contributed by atoms with Crippen LogP contribution in [0.2, 0.25) is 0 Å². The van der Waals surface area contributed by atoms with E-state index in [1.54, 1.807) is 18.3 Å². The number of hydrogen-bond acceptors (Lipinski definition) is 4. The van der Waals surface area contributed by atoms with Crippen molar-refractivity contribution in [1.29, 1.82) is 0 Å². The SMILES string of the molecule is O=C(CO)NCc1ccnc(OCc2ccccc2)c1. The summed E-state index contributed by atoms with van der Waals surface area (Å²) in [4.78, 5) is 15.1. The van der Waals surface area contributed by atoms with Gasteiger partial charge in [0, 0.05) is 18.8 Å². The number of amides is 1. The summed E-state index contributed by atoms with van der Waals surface area (Å²) in [6.07, 6.45) is 1.63. The Balaban J connectivity index is 1.90. The van der Waals surface area contributed by atoms with Gasteiger partial charge >= 0.3 is 0 Å². The molecule has 0 unspecified atom stereocenters. The summed E-state index contributed by atoms with van der Waals surface area (Å²) in [6.45, 7) is 0.270. The van der Waals surface area contributed by atoms with Gasteiger partial charge in [-0.3, -0.25) is 4.79 Å². The van der Waals surface area contributed by atoms with Crippen molar-refractivity contribution in [2.75, 3.05) is 6.61 Å². The molecule has 0 atom stereocenters. The molecule has 5 nitrogen and oxygen atoms in total. The van der Waals surface area contributed by atoms with Gasteiger partial charge in [-0.25, -0.2) is 4.98 Å². The molecule has 0 aliphatic rings. The number of benzene rings is 1. The van der Waals surface area contributed by atoms with E-state index in [0.29, 0.717) is 19.0 Å². The molecule has 1 aromatic heterocycles. The highest BCUT2D eigenvalue weighted by Gasteiger charge is 2.02. The predicted octanol–water partition coefficient (Wildman–Crippen LogP) is 1.27. The molecular formula is C15H16N2O3. The fraction of sp³-hybridized carbons (Fsp3) is 0.200. The van der Waals surface area contributed by atoms with Crippen LogP contribution in [-0.2, 0) is 17.9 Å². The average molecular weight is 272 g/mol. The first-order chi connectivity index (χ1) is 9.78. The number of rotatable bonds is 6. The third-order valence-corrected chi connectivity index (χ3v) is 2.66. The lowest BCUT2D eigenvalue weighted by Gasteiger charge is -2.07. The van der Waals surface area contributed by atoms with Crippen LogP contribution < -0.4 is 10.1 Å². The van der Waals surface area contributed by atoms with Crippen molar-refractivity contribution in [3.8, 4) is 5.88 Å². The van der Waals surface area contributed by atoms with Crippen LogP contribution in [0.4, 0.5) is 0 Å². The van der Waals surface area contributed by atoms with Gasteiger partial charge in [-0.05, 0) is 17.2 Å². The van der Waals surface area contributed by atoms with E-state index in [2.05, 4.69) is 10.3 Å². The molecule has 2 aromatic rings. The second-order valence-electron chi connectivity index (χ2n) is 4.21. The van der Waals surface area contributed by atoms with E-state index in [1.165, 1.54) is 0 Å². The van der Waals surface area contributed by atoms with Crippen molar-refractivity contribution >= 4 is 5.91 Å². The molecule has 0 fully saturated rings. The Bertz CT molecular complexity index is 558. The number of hydrogen-bond donors (Lipinski definition) is 2. The first-order valence-corrected chi connectivity index (χ1v) is 6.27. The smallest absolute Gasteiger partial charge is 0.245 e. The average Bonchev–Trinajstić information content (AvgIpc) is 2.52. The zero-order valence-corrected chi connectivity index (χ0v) is 11.0. The molecule has 0 aliphatic carbocycles. The molecule has 0 spiro atoms. The van der Waals surface area contributed by atoms with E-state index in [-0.39, 0.29) is 0 Å². The molecule has 0 bridgehead atoms. The molecule has 2 N–H and O–H groups in total. The van der Waals surface area contributed by atoms with Gasteiger partial charge in [0.2, 0.25) is 11.8 Å². The fourth-order valence-corrected chi connectivity index (χ4v) is 1.63. The van der Waals surface area contributed by atoms with Crippen LogP contribution in [-0.4, -0.2) is 22.6 Å². The molecule has 1 aromatic carbocycles. The highest BCUT2D eigenvalue weighted by Crippen LogP contribution is 2.11. The molecular weight excluding hydrogens is 256 g/mol. The van der Waals surface area contributed by atoms with E-state index in [4.69, 9.17) is 9.84 Å². The van der Waals surface area contributed by atoms with Crippen LogP contribution in [0.15, 0.2) is 48.7 Å². The number of nitrogens with one attached hydrogen (secondary N) is 1. The van der Waals surface area contributed by atoms with Gasteiger partial charge in [-0.1, -0.05) is 30.3 Å². The summed E-state index contributed by atoms with van der Waals surface area (Å²) >= 11 is 0. The fourth-order valence-electron chi connectivity index (χ4n) is 1.63. The summed E-state index contributed by atoms with van der Waals surface area (Å²) in [5.74, 6) is 0.0955. The van der Waals surface area contributed by atoms with E-state index in [1.807, 2.05) is 30.3 Å². The van der Waals surface area contributed by atoms with E-state index >= 15 is 0 Å². The van der Waals surface area contributed by atoms with Crippen molar-refractivity contribution < 1.29 is 14.6 Å². The summed E-state index contributed by atoms with van der Waals surface area (Å²) < 4.78 is 5.59. The van der Waals surface area contributed by atoms with E-state index in [9.17, 15) is 4.79 Å². The molecule has 0 saturated carbocycles. The number of carbonyl (C=O) groups is 1. The second kappa shape index (κ2) is 7.25. The molecule has 104 valence electrons. The molecule has 1 amide bonds. The molecule has 2 rings (SSSR count). The number of carbonyl (C=O) groups excluding carboxylic acids is 1. The minimum atomic E-state index is -0.511.